The Kier molecular flexibility index (Phi) is 5.77. The molecule has 3 amide bonds. The van der Waals surface area contributed by atoms with Gasteiger partial charge < -0.3 is 21.7 Å². The zero-order chi connectivity index (χ0) is 15.9. The van der Waals surface area contributed by atoms with Gasteiger partial charge in [-0.15, -0.1) is 0 Å². The lowest BCUT2D eigenvalue weighted by molar-refractivity contribution is -0.117. The van der Waals surface area contributed by atoms with Gasteiger partial charge >= 0.3 is 6.03 Å². The van der Waals surface area contributed by atoms with Crippen LogP contribution in [0.2, 0.25) is 0 Å². The summed E-state index contributed by atoms with van der Waals surface area (Å²) in [4.78, 5) is 22.9. The number of hydrogen-bond donors (Lipinski definition) is 4. The van der Waals surface area contributed by atoms with E-state index in [1.54, 1.807) is 24.3 Å². The Bertz CT molecular complexity index is 509. The molecule has 1 fully saturated rings. The molecule has 1 aromatic carbocycles. The number of carbonyl (C=O) groups excluding carboxylic acids is 2. The predicted molar refractivity (Wildman–Crippen MR) is 87.7 cm³/mol. The Labute approximate surface area is 130 Å². The van der Waals surface area contributed by atoms with Crippen LogP contribution in [0, 0.1) is 11.8 Å². The zero-order valence-corrected chi connectivity index (χ0v) is 12.9. The highest BCUT2D eigenvalue weighted by Gasteiger charge is 2.21. The molecule has 0 aromatic heterocycles. The Morgan fingerprint density at radius 2 is 1.73 bits per heavy atom. The molecule has 1 atom stereocenters. The first-order chi connectivity index (χ1) is 10.5. The molecule has 22 heavy (non-hydrogen) atoms. The van der Waals surface area contributed by atoms with Crippen LogP contribution in [0.4, 0.5) is 16.2 Å². The van der Waals surface area contributed by atoms with E-state index >= 15 is 0 Å². The lowest BCUT2D eigenvalue weighted by Crippen LogP contribution is -2.32. The standard InChI is InChI=1S/C16H24N4O2/c1-11(12-6-8-18-9-7-12)10-15(21)19-13-2-4-14(5-3-13)20-16(17)22/h2-5,11-12,18H,6-10H2,1H3,(H,19,21)(H3,17,20,22). The van der Waals surface area contributed by atoms with Gasteiger partial charge in [-0.1, -0.05) is 6.92 Å². The first-order valence-electron chi connectivity index (χ1n) is 7.71. The fourth-order valence-electron chi connectivity index (χ4n) is 2.86. The second-order valence-electron chi connectivity index (χ2n) is 5.88. The van der Waals surface area contributed by atoms with E-state index in [1.807, 2.05) is 0 Å². The maximum absolute atomic E-state index is 12.1. The number of carbonyl (C=O) groups is 2. The zero-order valence-electron chi connectivity index (χ0n) is 12.9. The van der Waals surface area contributed by atoms with Crippen molar-refractivity contribution in [1.82, 2.24) is 5.32 Å². The highest BCUT2D eigenvalue weighted by molar-refractivity contribution is 5.92. The quantitative estimate of drug-likeness (QED) is 0.671. The highest BCUT2D eigenvalue weighted by atomic mass is 16.2. The summed E-state index contributed by atoms with van der Waals surface area (Å²) in [6.07, 6.45) is 2.82. The Morgan fingerprint density at radius 3 is 2.27 bits per heavy atom. The van der Waals surface area contributed by atoms with Crippen molar-refractivity contribution >= 4 is 23.3 Å². The fraction of sp³-hybridized carbons (Fsp3) is 0.500. The summed E-state index contributed by atoms with van der Waals surface area (Å²) in [5.41, 5.74) is 6.37. The molecule has 6 heteroatoms. The van der Waals surface area contributed by atoms with Crippen LogP contribution in [0.15, 0.2) is 24.3 Å². The first-order valence-corrected chi connectivity index (χ1v) is 7.71. The number of rotatable bonds is 5. The van der Waals surface area contributed by atoms with Gasteiger partial charge in [0.15, 0.2) is 0 Å². The summed E-state index contributed by atoms with van der Waals surface area (Å²) in [7, 11) is 0. The van der Waals surface area contributed by atoms with Crippen molar-refractivity contribution in [3.8, 4) is 0 Å². The number of primary amides is 1. The molecule has 0 saturated carbocycles. The summed E-state index contributed by atoms with van der Waals surface area (Å²) < 4.78 is 0. The molecule has 1 aromatic rings. The summed E-state index contributed by atoms with van der Waals surface area (Å²) >= 11 is 0. The molecule has 5 N–H and O–H groups in total. The van der Waals surface area contributed by atoms with E-state index in [0.717, 1.165) is 31.6 Å². The molecule has 0 aliphatic carbocycles. The molecule has 1 aliphatic rings. The van der Waals surface area contributed by atoms with Crippen LogP contribution in [0.25, 0.3) is 0 Å². The number of nitrogens with one attached hydrogen (secondary N) is 3. The topological polar surface area (TPSA) is 96.2 Å². The van der Waals surface area contributed by atoms with Crippen LogP contribution in [0.1, 0.15) is 26.2 Å². The van der Waals surface area contributed by atoms with E-state index in [0.29, 0.717) is 23.9 Å². The van der Waals surface area contributed by atoms with E-state index in [4.69, 9.17) is 5.73 Å². The Morgan fingerprint density at radius 1 is 1.18 bits per heavy atom. The Balaban J connectivity index is 1.82. The van der Waals surface area contributed by atoms with Gasteiger partial charge in [-0.05, 0) is 62.0 Å². The lowest BCUT2D eigenvalue weighted by atomic mass is 9.84. The smallest absolute Gasteiger partial charge is 0.316 e. The van der Waals surface area contributed by atoms with Gasteiger partial charge in [-0.25, -0.2) is 4.79 Å². The molecule has 1 aliphatic heterocycles. The van der Waals surface area contributed by atoms with E-state index in [1.165, 1.54) is 0 Å². The maximum Gasteiger partial charge on any atom is 0.316 e. The van der Waals surface area contributed by atoms with Crippen molar-refractivity contribution in [3.05, 3.63) is 24.3 Å². The third-order valence-electron chi connectivity index (χ3n) is 4.13. The average molecular weight is 304 g/mol. The number of nitrogens with two attached hydrogens (primary N) is 1. The van der Waals surface area contributed by atoms with Crippen molar-refractivity contribution in [2.45, 2.75) is 26.2 Å². The maximum atomic E-state index is 12.1. The van der Waals surface area contributed by atoms with Crippen molar-refractivity contribution in [2.75, 3.05) is 23.7 Å². The molecular weight excluding hydrogens is 280 g/mol. The van der Waals surface area contributed by atoms with Crippen LogP contribution in [0.5, 0.6) is 0 Å². The molecule has 1 saturated heterocycles. The average Bonchev–Trinajstić information content (AvgIpc) is 2.49. The summed E-state index contributed by atoms with van der Waals surface area (Å²) in [5.74, 6) is 1.04. The van der Waals surface area contributed by atoms with Crippen LogP contribution in [-0.4, -0.2) is 25.0 Å². The minimum atomic E-state index is -0.604. The van der Waals surface area contributed by atoms with Gasteiger partial charge in [0.05, 0.1) is 0 Å². The monoisotopic (exact) mass is 304 g/mol. The van der Waals surface area contributed by atoms with Crippen molar-refractivity contribution in [1.29, 1.82) is 0 Å². The number of benzene rings is 1. The van der Waals surface area contributed by atoms with Crippen LogP contribution in [-0.2, 0) is 4.79 Å². The second-order valence-corrected chi connectivity index (χ2v) is 5.88. The molecule has 2 rings (SSSR count). The number of hydrogen-bond acceptors (Lipinski definition) is 3. The first kappa shape index (κ1) is 16.3. The lowest BCUT2D eigenvalue weighted by Gasteiger charge is -2.27. The van der Waals surface area contributed by atoms with E-state index < -0.39 is 6.03 Å². The summed E-state index contributed by atoms with van der Waals surface area (Å²) in [5, 5.41) is 8.72. The van der Waals surface area contributed by atoms with Crippen LogP contribution < -0.4 is 21.7 Å². The summed E-state index contributed by atoms with van der Waals surface area (Å²) in [6.45, 7) is 4.24. The predicted octanol–water partition coefficient (Wildman–Crippen LogP) is 2.14. The van der Waals surface area contributed by atoms with Gasteiger partial charge in [-0.2, -0.15) is 0 Å². The van der Waals surface area contributed by atoms with Gasteiger partial charge in [0.2, 0.25) is 5.91 Å². The molecule has 0 bridgehead atoms. The Hall–Kier alpha value is -2.08. The molecule has 120 valence electrons. The number of piperidine rings is 1. The third kappa shape index (κ3) is 5.04. The molecule has 0 spiro atoms. The van der Waals surface area contributed by atoms with Crippen molar-refractivity contribution in [2.24, 2.45) is 17.6 Å². The summed E-state index contributed by atoms with van der Waals surface area (Å²) in [6, 6.07) is 6.30. The highest BCUT2D eigenvalue weighted by Crippen LogP contribution is 2.24. The largest absolute Gasteiger partial charge is 0.351 e. The number of anilines is 2. The molecule has 1 unspecified atom stereocenters. The SMILES string of the molecule is CC(CC(=O)Nc1ccc(NC(N)=O)cc1)C1CCNCC1. The number of amides is 3. The fourth-order valence-corrected chi connectivity index (χ4v) is 2.86. The van der Waals surface area contributed by atoms with Crippen molar-refractivity contribution < 1.29 is 9.59 Å². The minimum Gasteiger partial charge on any atom is -0.351 e. The normalized spacial score (nSPS) is 16.8. The molecule has 6 nitrogen and oxygen atoms in total. The van der Waals surface area contributed by atoms with E-state index in [2.05, 4.69) is 22.9 Å². The molecule has 1 heterocycles. The van der Waals surface area contributed by atoms with Gasteiger partial charge in [-0.3, -0.25) is 4.79 Å². The van der Waals surface area contributed by atoms with Crippen molar-refractivity contribution in [3.63, 3.8) is 0 Å². The second kappa shape index (κ2) is 7.79. The number of urea groups is 1. The van der Waals surface area contributed by atoms with E-state index in [9.17, 15) is 9.59 Å². The van der Waals surface area contributed by atoms with Gasteiger partial charge in [0, 0.05) is 17.8 Å². The molecule has 0 radical (unpaired) electrons. The third-order valence-corrected chi connectivity index (χ3v) is 4.13. The van der Waals surface area contributed by atoms with E-state index in [-0.39, 0.29) is 5.91 Å². The van der Waals surface area contributed by atoms with Gasteiger partial charge in [0.1, 0.15) is 0 Å². The van der Waals surface area contributed by atoms with Crippen LogP contribution >= 0.6 is 0 Å². The molecular formula is C16H24N4O2. The minimum absolute atomic E-state index is 0.0293. The van der Waals surface area contributed by atoms with Crippen LogP contribution in [0.3, 0.4) is 0 Å². The van der Waals surface area contributed by atoms with Gasteiger partial charge in [0.25, 0.3) is 0 Å².